The van der Waals surface area contributed by atoms with Crippen LogP contribution in [0, 0.1) is 11.8 Å². The Bertz CT molecular complexity index is 1610. The SMILES string of the molecule is C[C@@H]1CN(c2ncc(Cl)c(Nc3ccc4c(c3)n(CCC(C)(C)O)c(=O)n4Cc3cnn(C)c3)n2)C[C@H](C)C1(F)F. The van der Waals surface area contributed by atoms with Gasteiger partial charge in [-0.25, -0.2) is 18.6 Å². The van der Waals surface area contributed by atoms with Gasteiger partial charge in [-0.05, 0) is 38.5 Å². The Morgan fingerprint density at radius 2 is 1.85 bits per heavy atom. The van der Waals surface area contributed by atoms with Crippen molar-refractivity contribution in [1.29, 1.82) is 0 Å². The number of rotatable bonds is 8. The Kier molecular flexibility index (Phi) is 7.58. The molecule has 0 saturated carbocycles. The van der Waals surface area contributed by atoms with E-state index in [1.54, 1.807) is 38.8 Å². The Labute approximate surface area is 241 Å². The zero-order chi connectivity index (χ0) is 29.7. The first-order chi connectivity index (χ1) is 19.2. The summed E-state index contributed by atoms with van der Waals surface area (Å²) in [4.78, 5) is 24.2. The quantitative estimate of drug-likeness (QED) is 0.308. The van der Waals surface area contributed by atoms with E-state index in [1.807, 2.05) is 31.4 Å². The van der Waals surface area contributed by atoms with Gasteiger partial charge in [-0.1, -0.05) is 25.4 Å². The number of alkyl halides is 2. The van der Waals surface area contributed by atoms with Crippen molar-refractivity contribution in [2.75, 3.05) is 23.3 Å². The maximum Gasteiger partial charge on any atom is 0.329 e. The lowest BCUT2D eigenvalue weighted by Crippen LogP contribution is -2.52. The monoisotopic (exact) mass is 588 g/mol. The molecule has 0 spiro atoms. The fourth-order valence-corrected chi connectivity index (χ4v) is 5.39. The fourth-order valence-electron chi connectivity index (χ4n) is 5.25. The van der Waals surface area contributed by atoms with Gasteiger partial charge in [0.2, 0.25) is 5.95 Å². The molecule has 0 bridgehead atoms. The average Bonchev–Trinajstić information content (AvgIpc) is 3.42. The lowest BCUT2D eigenvalue weighted by molar-refractivity contribution is -0.105. The molecule has 41 heavy (non-hydrogen) atoms. The summed E-state index contributed by atoms with van der Waals surface area (Å²) in [6, 6.07) is 5.51. The van der Waals surface area contributed by atoms with Crippen LogP contribution in [0.1, 0.15) is 39.7 Å². The smallest absolute Gasteiger partial charge is 0.329 e. The molecule has 1 saturated heterocycles. The molecule has 5 rings (SSSR count). The molecule has 4 heterocycles. The minimum Gasteiger partial charge on any atom is -0.390 e. The minimum atomic E-state index is -2.76. The van der Waals surface area contributed by atoms with Crippen molar-refractivity contribution in [1.82, 2.24) is 28.9 Å². The van der Waals surface area contributed by atoms with Crippen LogP contribution in [0.3, 0.4) is 0 Å². The minimum absolute atomic E-state index is 0.127. The van der Waals surface area contributed by atoms with Crippen molar-refractivity contribution >= 4 is 40.1 Å². The molecule has 0 amide bonds. The van der Waals surface area contributed by atoms with Gasteiger partial charge in [0.1, 0.15) is 5.02 Å². The number of benzene rings is 1. The Morgan fingerprint density at radius 3 is 2.49 bits per heavy atom. The molecule has 220 valence electrons. The van der Waals surface area contributed by atoms with Crippen LogP contribution in [0.4, 0.5) is 26.2 Å². The number of piperidine rings is 1. The Balaban J connectivity index is 1.48. The van der Waals surface area contributed by atoms with Crippen molar-refractivity contribution < 1.29 is 13.9 Å². The van der Waals surface area contributed by atoms with Crippen LogP contribution in [-0.4, -0.2) is 58.6 Å². The summed E-state index contributed by atoms with van der Waals surface area (Å²) in [5.41, 5.74) is 1.78. The molecule has 2 atom stereocenters. The number of halogens is 3. The number of nitrogens with zero attached hydrogens (tertiary/aromatic N) is 7. The Hall–Kier alpha value is -3.51. The highest BCUT2D eigenvalue weighted by molar-refractivity contribution is 6.32. The number of fused-ring (bicyclic) bond motifs is 1. The summed E-state index contributed by atoms with van der Waals surface area (Å²) in [5, 5.41) is 18.0. The highest BCUT2D eigenvalue weighted by Gasteiger charge is 2.47. The average molecular weight is 589 g/mol. The van der Waals surface area contributed by atoms with Gasteiger partial charge in [0, 0.05) is 56.0 Å². The van der Waals surface area contributed by atoms with E-state index in [2.05, 4.69) is 20.4 Å². The van der Waals surface area contributed by atoms with E-state index in [1.165, 1.54) is 20.0 Å². The van der Waals surface area contributed by atoms with Gasteiger partial charge < -0.3 is 15.3 Å². The standard InChI is InChI=1S/C28H35ClF2N8O2/c1-17-13-37(14-18(2)28(17,30)31)25-32-12-21(29)24(35-25)34-20-6-7-22-23(10-20)38(9-8-27(3,4)41)26(40)39(22)16-19-11-33-36(5)15-19/h6-7,10-12,15,17-18,41H,8-9,13-14,16H2,1-5H3,(H,32,34,35)/t17-,18+. The first-order valence-electron chi connectivity index (χ1n) is 13.6. The zero-order valence-electron chi connectivity index (χ0n) is 23.8. The summed E-state index contributed by atoms with van der Waals surface area (Å²) in [5.74, 6) is -3.81. The molecule has 0 radical (unpaired) electrons. The van der Waals surface area contributed by atoms with Gasteiger partial charge in [-0.15, -0.1) is 0 Å². The van der Waals surface area contributed by atoms with E-state index in [9.17, 15) is 18.7 Å². The third kappa shape index (κ3) is 5.94. The molecule has 0 unspecified atom stereocenters. The van der Waals surface area contributed by atoms with E-state index in [0.717, 1.165) is 11.1 Å². The van der Waals surface area contributed by atoms with Gasteiger partial charge in [-0.2, -0.15) is 10.1 Å². The number of aliphatic hydroxyl groups is 1. The van der Waals surface area contributed by atoms with Crippen LogP contribution >= 0.6 is 11.6 Å². The summed E-state index contributed by atoms with van der Waals surface area (Å²) in [6.45, 7) is 7.40. The van der Waals surface area contributed by atoms with Gasteiger partial charge in [0.05, 0.1) is 35.6 Å². The van der Waals surface area contributed by atoms with E-state index in [4.69, 9.17) is 11.6 Å². The number of aryl methyl sites for hydroxylation is 2. The number of anilines is 3. The third-order valence-corrected chi connectivity index (χ3v) is 7.92. The molecule has 1 fully saturated rings. The zero-order valence-corrected chi connectivity index (χ0v) is 24.5. The fraction of sp³-hybridized carbons (Fsp3) is 0.500. The molecular formula is C28H35ClF2N8O2. The molecule has 1 aliphatic rings. The summed E-state index contributed by atoms with van der Waals surface area (Å²) in [7, 11) is 1.82. The molecule has 3 aromatic heterocycles. The maximum absolute atomic E-state index is 14.4. The molecule has 0 aliphatic carbocycles. The van der Waals surface area contributed by atoms with Crippen LogP contribution in [0.15, 0.2) is 41.6 Å². The molecule has 2 N–H and O–H groups in total. The van der Waals surface area contributed by atoms with Crippen molar-refractivity contribution in [2.24, 2.45) is 18.9 Å². The van der Waals surface area contributed by atoms with Gasteiger partial charge >= 0.3 is 5.69 Å². The number of hydrogen-bond donors (Lipinski definition) is 2. The summed E-state index contributed by atoms with van der Waals surface area (Å²) < 4.78 is 33.8. The Morgan fingerprint density at radius 1 is 1.15 bits per heavy atom. The van der Waals surface area contributed by atoms with Crippen molar-refractivity contribution in [2.45, 2.75) is 58.7 Å². The second-order valence-electron chi connectivity index (χ2n) is 11.7. The lowest BCUT2D eigenvalue weighted by Gasteiger charge is -2.41. The van der Waals surface area contributed by atoms with Crippen molar-refractivity contribution in [3.63, 3.8) is 0 Å². The predicted molar refractivity (Wildman–Crippen MR) is 155 cm³/mol. The molecule has 10 nitrogen and oxygen atoms in total. The molecule has 1 aromatic carbocycles. The summed E-state index contributed by atoms with van der Waals surface area (Å²) >= 11 is 6.44. The van der Waals surface area contributed by atoms with Crippen LogP contribution in [0.25, 0.3) is 11.0 Å². The maximum atomic E-state index is 14.4. The van der Waals surface area contributed by atoms with Crippen LogP contribution in [0.5, 0.6) is 0 Å². The van der Waals surface area contributed by atoms with E-state index >= 15 is 0 Å². The highest BCUT2D eigenvalue weighted by atomic mass is 35.5. The lowest BCUT2D eigenvalue weighted by atomic mass is 9.87. The number of imidazole rings is 1. The van der Waals surface area contributed by atoms with Crippen molar-refractivity contribution in [3.8, 4) is 0 Å². The molecule has 4 aromatic rings. The van der Waals surface area contributed by atoms with E-state index in [0.29, 0.717) is 42.5 Å². The molecule has 13 heteroatoms. The van der Waals surface area contributed by atoms with Crippen LogP contribution in [0.2, 0.25) is 5.02 Å². The van der Waals surface area contributed by atoms with E-state index < -0.39 is 23.4 Å². The third-order valence-electron chi connectivity index (χ3n) is 7.64. The first kappa shape index (κ1) is 29.0. The molecular weight excluding hydrogens is 554 g/mol. The van der Waals surface area contributed by atoms with Crippen LogP contribution < -0.4 is 15.9 Å². The topological polar surface area (TPSA) is 106 Å². The van der Waals surface area contributed by atoms with E-state index in [-0.39, 0.29) is 23.8 Å². The second kappa shape index (κ2) is 10.7. The number of nitrogens with one attached hydrogen (secondary N) is 1. The van der Waals surface area contributed by atoms with Gasteiger partial charge in [-0.3, -0.25) is 13.8 Å². The van der Waals surface area contributed by atoms with Gasteiger partial charge in [0.25, 0.3) is 5.92 Å². The number of hydrogen-bond acceptors (Lipinski definition) is 7. The van der Waals surface area contributed by atoms with Gasteiger partial charge in [0.15, 0.2) is 5.82 Å². The largest absolute Gasteiger partial charge is 0.390 e. The second-order valence-corrected chi connectivity index (χ2v) is 12.1. The normalized spacial score (nSPS) is 19.2. The molecule has 1 aliphatic heterocycles. The first-order valence-corrected chi connectivity index (χ1v) is 14.0. The highest BCUT2D eigenvalue weighted by Crippen LogP contribution is 2.39. The summed E-state index contributed by atoms with van der Waals surface area (Å²) in [6.07, 6.45) is 5.42. The van der Waals surface area contributed by atoms with Crippen LogP contribution in [-0.2, 0) is 20.1 Å². The predicted octanol–water partition coefficient (Wildman–Crippen LogP) is 4.66. The van der Waals surface area contributed by atoms with Crippen molar-refractivity contribution in [3.05, 3.63) is 57.9 Å². The number of aromatic nitrogens is 6.